The van der Waals surface area contributed by atoms with Crippen molar-refractivity contribution < 1.29 is 13.2 Å². The first-order valence-corrected chi connectivity index (χ1v) is 9.53. The maximum absolute atomic E-state index is 12.5. The van der Waals surface area contributed by atoms with Crippen LogP contribution in [0, 0.1) is 0 Å². The lowest BCUT2D eigenvalue weighted by Crippen LogP contribution is -2.44. The molecule has 0 aromatic heterocycles. The van der Waals surface area contributed by atoms with E-state index >= 15 is 0 Å². The molecule has 0 spiro atoms. The Balaban J connectivity index is 1.60. The van der Waals surface area contributed by atoms with E-state index in [4.69, 9.17) is 4.74 Å². The molecule has 0 amide bonds. The number of hydrogen-bond acceptors (Lipinski definition) is 4. The van der Waals surface area contributed by atoms with E-state index in [0.717, 1.165) is 25.9 Å². The van der Waals surface area contributed by atoms with Gasteiger partial charge in [0.05, 0.1) is 12.0 Å². The number of ether oxygens (including phenoxy) is 1. The van der Waals surface area contributed by atoms with Gasteiger partial charge in [-0.1, -0.05) is 18.2 Å². The number of nitrogens with zero attached hydrogens (tertiary/aromatic N) is 1. The van der Waals surface area contributed by atoms with Crippen LogP contribution in [0.3, 0.4) is 0 Å². The third-order valence-corrected chi connectivity index (χ3v) is 5.84. The molecule has 1 aliphatic rings. The summed E-state index contributed by atoms with van der Waals surface area (Å²) in [5.41, 5.74) is 1.19. The highest BCUT2D eigenvalue weighted by Crippen LogP contribution is 2.21. The molecule has 1 heterocycles. The Labute approximate surface area is 143 Å². The maximum atomic E-state index is 12.5. The Morgan fingerprint density at radius 1 is 1.00 bits per heavy atom. The molecule has 1 saturated heterocycles. The first-order valence-electron chi connectivity index (χ1n) is 8.05. The molecular weight excluding hydrogens is 324 g/mol. The Kier molecular flexibility index (Phi) is 5.06. The Morgan fingerprint density at radius 2 is 1.62 bits per heavy atom. The quantitative estimate of drug-likeness (QED) is 0.904. The molecule has 0 saturated carbocycles. The van der Waals surface area contributed by atoms with Gasteiger partial charge < -0.3 is 9.64 Å². The van der Waals surface area contributed by atoms with E-state index in [1.807, 2.05) is 18.2 Å². The minimum absolute atomic E-state index is 0.0305. The lowest BCUT2D eigenvalue weighted by molar-refractivity contribution is 0.414. The van der Waals surface area contributed by atoms with Crippen molar-refractivity contribution in [3.8, 4) is 5.75 Å². The first kappa shape index (κ1) is 16.8. The number of hydrogen-bond donors (Lipinski definition) is 1. The monoisotopic (exact) mass is 346 g/mol. The highest BCUT2D eigenvalue weighted by atomic mass is 32.2. The summed E-state index contributed by atoms with van der Waals surface area (Å²) in [7, 11) is -1.93. The number of sulfonamides is 1. The molecule has 1 aliphatic heterocycles. The zero-order valence-electron chi connectivity index (χ0n) is 13.7. The standard InChI is InChI=1S/C18H22N2O3S/c1-23-17-7-9-18(10-8-17)24(21,22)19-15-11-13-20(14-12-15)16-5-3-2-4-6-16/h2-10,15,19H,11-14H2,1H3. The van der Waals surface area contributed by atoms with Crippen LogP contribution >= 0.6 is 0 Å². The molecule has 0 aliphatic carbocycles. The van der Waals surface area contributed by atoms with E-state index in [9.17, 15) is 8.42 Å². The van der Waals surface area contributed by atoms with Crippen LogP contribution in [0.5, 0.6) is 5.75 Å². The van der Waals surface area contributed by atoms with Crippen molar-refractivity contribution in [3.05, 3.63) is 54.6 Å². The van der Waals surface area contributed by atoms with Gasteiger partial charge in [-0.2, -0.15) is 0 Å². The van der Waals surface area contributed by atoms with Gasteiger partial charge in [-0.15, -0.1) is 0 Å². The third-order valence-electron chi connectivity index (χ3n) is 4.31. The minimum atomic E-state index is -3.49. The van der Waals surface area contributed by atoms with Crippen molar-refractivity contribution in [2.45, 2.75) is 23.8 Å². The number of anilines is 1. The summed E-state index contributed by atoms with van der Waals surface area (Å²) in [5.74, 6) is 0.644. The molecule has 2 aromatic rings. The number of piperidine rings is 1. The van der Waals surface area contributed by atoms with Crippen molar-refractivity contribution in [2.75, 3.05) is 25.1 Å². The van der Waals surface area contributed by atoms with Crippen molar-refractivity contribution in [3.63, 3.8) is 0 Å². The number of rotatable bonds is 5. The number of benzene rings is 2. The molecule has 0 bridgehead atoms. The van der Waals surface area contributed by atoms with Gasteiger partial charge in [0.2, 0.25) is 10.0 Å². The molecule has 2 aromatic carbocycles. The van der Waals surface area contributed by atoms with Gasteiger partial charge in [-0.05, 0) is 49.2 Å². The summed E-state index contributed by atoms with van der Waals surface area (Å²) < 4.78 is 32.9. The number of methoxy groups -OCH3 is 1. The second kappa shape index (κ2) is 7.23. The van der Waals surface area contributed by atoms with Gasteiger partial charge >= 0.3 is 0 Å². The Morgan fingerprint density at radius 3 is 2.21 bits per heavy atom. The van der Waals surface area contributed by atoms with Gasteiger partial charge in [0.25, 0.3) is 0 Å². The molecule has 5 nitrogen and oxygen atoms in total. The van der Waals surface area contributed by atoms with Crippen LogP contribution in [0.2, 0.25) is 0 Å². The lowest BCUT2D eigenvalue weighted by atomic mass is 10.1. The molecule has 0 atom stereocenters. The fraction of sp³-hybridized carbons (Fsp3) is 0.333. The average Bonchev–Trinajstić information content (AvgIpc) is 2.63. The fourth-order valence-corrected chi connectivity index (χ4v) is 4.24. The summed E-state index contributed by atoms with van der Waals surface area (Å²) in [6.45, 7) is 1.69. The van der Waals surface area contributed by atoms with Crippen molar-refractivity contribution in [1.82, 2.24) is 4.72 Å². The zero-order chi connectivity index (χ0) is 17.0. The molecule has 128 valence electrons. The van der Waals surface area contributed by atoms with Crippen LogP contribution in [0.25, 0.3) is 0 Å². The fourth-order valence-electron chi connectivity index (χ4n) is 2.94. The van der Waals surface area contributed by atoms with Crippen LogP contribution in [-0.4, -0.2) is 34.7 Å². The second-order valence-corrected chi connectivity index (χ2v) is 7.61. The van der Waals surface area contributed by atoms with E-state index in [1.165, 1.54) is 5.69 Å². The minimum Gasteiger partial charge on any atom is -0.497 e. The predicted molar refractivity (Wildman–Crippen MR) is 95.0 cm³/mol. The van der Waals surface area contributed by atoms with E-state index < -0.39 is 10.0 Å². The SMILES string of the molecule is COc1ccc(S(=O)(=O)NC2CCN(c3ccccc3)CC2)cc1. The molecule has 6 heteroatoms. The maximum Gasteiger partial charge on any atom is 0.240 e. The zero-order valence-corrected chi connectivity index (χ0v) is 14.5. The van der Waals surface area contributed by atoms with Crippen LogP contribution < -0.4 is 14.4 Å². The second-order valence-electron chi connectivity index (χ2n) is 5.89. The van der Waals surface area contributed by atoms with Crippen molar-refractivity contribution in [1.29, 1.82) is 0 Å². The summed E-state index contributed by atoms with van der Waals surface area (Å²) in [5, 5.41) is 0. The number of para-hydroxylation sites is 1. The summed E-state index contributed by atoms with van der Waals surface area (Å²) >= 11 is 0. The van der Waals surface area contributed by atoms with Gasteiger partial charge in [-0.3, -0.25) is 0 Å². The van der Waals surface area contributed by atoms with E-state index in [2.05, 4.69) is 21.8 Å². The van der Waals surface area contributed by atoms with Gasteiger partial charge in [0, 0.05) is 24.8 Å². The van der Waals surface area contributed by atoms with Crippen molar-refractivity contribution >= 4 is 15.7 Å². The highest BCUT2D eigenvalue weighted by molar-refractivity contribution is 7.89. The predicted octanol–water partition coefficient (Wildman–Crippen LogP) is 2.64. The van der Waals surface area contributed by atoms with Crippen LogP contribution in [0.1, 0.15) is 12.8 Å². The van der Waals surface area contributed by atoms with Crippen molar-refractivity contribution in [2.24, 2.45) is 0 Å². The van der Waals surface area contributed by atoms with E-state index in [0.29, 0.717) is 5.75 Å². The lowest BCUT2D eigenvalue weighted by Gasteiger charge is -2.33. The molecule has 3 rings (SSSR count). The molecule has 1 N–H and O–H groups in total. The van der Waals surface area contributed by atoms with E-state index in [-0.39, 0.29) is 10.9 Å². The molecule has 1 fully saturated rings. The summed E-state index contributed by atoms with van der Waals surface area (Å²) in [6, 6.07) is 16.6. The van der Waals surface area contributed by atoms with Gasteiger partial charge in [0.15, 0.2) is 0 Å². The molecule has 0 radical (unpaired) electrons. The topological polar surface area (TPSA) is 58.6 Å². The van der Waals surface area contributed by atoms with Crippen LogP contribution in [0.4, 0.5) is 5.69 Å². The Hall–Kier alpha value is -2.05. The van der Waals surface area contributed by atoms with Crippen LogP contribution in [0.15, 0.2) is 59.5 Å². The largest absolute Gasteiger partial charge is 0.497 e. The molecule has 24 heavy (non-hydrogen) atoms. The Bertz CT molecular complexity index is 753. The third kappa shape index (κ3) is 3.88. The van der Waals surface area contributed by atoms with Gasteiger partial charge in [-0.25, -0.2) is 13.1 Å². The summed E-state index contributed by atoms with van der Waals surface area (Å²) in [6.07, 6.45) is 1.59. The summed E-state index contributed by atoms with van der Waals surface area (Å²) in [4.78, 5) is 2.56. The van der Waals surface area contributed by atoms with E-state index in [1.54, 1.807) is 31.4 Å². The van der Waals surface area contributed by atoms with Gasteiger partial charge in [0.1, 0.15) is 5.75 Å². The normalized spacial score (nSPS) is 16.1. The smallest absolute Gasteiger partial charge is 0.240 e. The highest BCUT2D eigenvalue weighted by Gasteiger charge is 2.24. The van der Waals surface area contributed by atoms with Crippen LogP contribution in [-0.2, 0) is 10.0 Å². The average molecular weight is 346 g/mol. The number of nitrogens with one attached hydrogen (secondary N) is 1. The molecular formula is C18H22N2O3S. The first-order chi connectivity index (χ1) is 11.6. The molecule has 0 unspecified atom stereocenters.